The summed E-state index contributed by atoms with van der Waals surface area (Å²) in [4.78, 5) is 14.4. The van der Waals surface area contributed by atoms with Gasteiger partial charge in [-0.25, -0.2) is 0 Å². The molecule has 1 aromatic rings. The molecule has 2 rings (SSSR count). The third-order valence-electron chi connectivity index (χ3n) is 4.49. The van der Waals surface area contributed by atoms with Crippen LogP contribution < -0.4 is 5.73 Å². The molecule has 0 saturated heterocycles. The number of hydrogen-bond donors (Lipinski definition) is 1. The summed E-state index contributed by atoms with van der Waals surface area (Å²) in [7, 11) is 1.94. The first-order valence-electron chi connectivity index (χ1n) is 7.68. The molecule has 0 radical (unpaired) electrons. The Balaban J connectivity index is 1.99. The second-order valence-corrected chi connectivity index (χ2v) is 6.07. The molecule has 0 aliphatic heterocycles. The van der Waals surface area contributed by atoms with Crippen molar-refractivity contribution >= 4 is 5.91 Å². The minimum Gasteiger partial charge on any atom is -0.339 e. The van der Waals surface area contributed by atoms with Crippen molar-refractivity contribution in [3.63, 3.8) is 0 Å². The molecule has 2 N–H and O–H groups in total. The predicted molar refractivity (Wildman–Crippen MR) is 82.7 cm³/mol. The van der Waals surface area contributed by atoms with Gasteiger partial charge < -0.3 is 10.6 Å². The highest BCUT2D eigenvalue weighted by Gasteiger charge is 2.25. The van der Waals surface area contributed by atoms with E-state index in [1.807, 2.05) is 36.2 Å². The monoisotopic (exact) mass is 274 g/mol. The Morgan fingerprint density at radius 3 is 2.35 bits per heavy atom. The van der Waals surface area contributed by atoms with Crippen LogP contribution >= 0.6 is 0 Å². The fourth-order valence-corrected chi connectivity index (χ4v) is 2.98. The molecule has 0 aromatic heterocycles. The van der Waals surface area contributed by atoms with Crippen molar-refractivity contribution < 1.29 is 4.79 Å². The minimum atomic E-state index is 0.142. The van der Waals surface area contributed by atoms with Crippen LogP contribution in [0, 0.1) is 5.92 Å². The first-order chi connectivity index (χ1) is 9.61. The van der Waals surface area contributed by atoms with Crippen LogP contribution in [0.25, 0.3) is 0 Å². The zero-order valence-electron chi connectivity index (χ0n) is 12.6. The predicted octanol–water partition coefficient (Wildman–Crippen LogP) is 2.84. The van der Waals surface area contributed by atoms with Crippen molar-refractivity contribution in [2.75, 3.05) is 13.6 Å². The van der Waals surface area contributed by atoms with Gasteiger partial charge in [-0.15, -0.1) is 0 Å². The molecule has 1 aliphatic rings. The van der Waals surface area contributed by atoms with E-state index in [2.05, 4.69) is 6.92 Å². The Hall–Kier alpha value is -1.35. The third kappa shape index (κ3) is 3.60. The summed E-state index contributed by atoms with van der Waals surface area (Å²) in [5.74, 6) is 0.953. The van der Waals surface area contributed by atoms with E-state index in [0.29, 0.717) is 12.6 Å². The van der Waals surface area contributed by atoms with Gasteiger partial charge in [0, 0.05) is 18.7 Å². The summed E-state index contributed by atoms with van der Waals surface area (Å²) in [6.45, 7) is 2.95. The quantitative estimate of drug-likeness (QED) is 0.917. The van der Waals surface area contributed by atoms with Crippen molar-refractivity contribution in [2.24, 2.45) is 11.7 Å². The fourth-order valence-electron chi connectivity index (χ4n) is 2.98. The second kappa shape index (κ2) is 6.89. The molecule has 1 amide bonds. The topological polar surface area (TPSA) is 46.3 Å². The molecule has 20 heavy (non-hydrogen) atoms. The van der Waals surface area contributed by atoms with E-state index in [9.17, 15) is 4.79 Å². The maximum absolute atomic E-state index is 12.5. The van der Waals surface area contributed by atoms with E-state index in [1.165, 1.54) is 18.4 Å². The van der Waals surface area contributed by atoms with Crippen molar-refractivity contribution in [1.82, 2.24) is 4.90 Å². The van der Waals surface area contributed by atoms with E-state index in [1.54, 1.807) is 0 Å². The van der Waals surface area contributed by atoms with Crippen LogP contribution in [-0.2, 0) is 6.42 Å². The molecule has 110 valence electrons. The van der Waals surface area contributed by atoms with Gasteiger partial charge in [-0.2, -0.15) is 0 Å². The Morgan fingerprint density at radius 1 is 1.20 bits per heavy atom. The van der Waals surface area contributed by atoms with Gasteiger partial charge in [0.2, 0.25) is 0 Å². The van der Waals surface area contributed by atoms with Gasteiger partial charge >= 0.3 is 0 Å². The lowest BCUT2D eigenvalue weighted by molar-refractivity contribution is 0.0679. The Morgan fingerprint density at radius 2 is 1.80 bits per heavy atom. The number of nitrogens with zero attached hydrogens (tertiary/aromatic N) is 1. The molecule has 0 atom stereocenters. The first kappa shape index (κ1) is 15.0. The van der Waals surface area contributed by atoms with E-state index >= 15 is 0 Å². The molecule has 1 saturated carbocycles. The lowest BCUT2D eigenvalue weighted by Gasteiger charge is -2.33. The van der Waals surface area contributed by atoms with Gasteiger partial charge in [0.15, 0.2) is 0 Å². The number of hydrogen-bond acceptors (Lipinski definition) is 2. The average molecular weight is 274 g/mol. The zero-order chi connectivity index (χ0) is 14.5. The summed E-state index contributed by atoms with van der Waals surface area (Å²) < 4.78 is 0. The van der Waals surface area contributed by atoms with E-state index in [4.69, 9.17) is 5.73 Å². The standard InChI is InChI=1S/C17H26N2O/c1-13-3-9-16(10-4-13)19(2)17(20)15-7-5-14(6-8-15)11-12-18/h5-8,13,16H,3-4,9-12,18H2,1-2H3. The van der Waals surface area contributed by atoms with Gasteiger partial charge in [0.1, 0.15) is 0 Å². The smallest absolute Gasteiger partial charge is 0.253 e. The van der Waals surface area contributed by atoms with Gasteiger partial charge in [-0.1, -0.05) is 19.1 Å². The van der Waals surface area contributed by atoms with Crippen LogP contribution in [0.15, 0.2) is 24.3 Å². The summed E-state index contributed by atoms with van der Waals surface area (Å²) in [5, 5.41) is 0. The van der Waals surface area contributed by atoms with Crippen LogP contribution in [0.1, 0.15) is 48.5 Å². The summed E-state index contributed by atoms with van der Waals surface area (Å²) in [5.41, 5.74) is 7.52. The third-order valence-corrected chi connectivity index (χ3v) is 4.49. The molecule has 1 aromatic carbocycles. The molecular formula is C17H26N2O. The highest BCUT2D eigenvalue weighted by molar-refractivity contribution is 5.94. The number of carbonyl (C=O) groups excluding carboxylic acids is 1. The SMILES string of the molecule is CC1CCC(N(C)C(=O)c2ccc(CCN)cc2)CC1. The summed E-state index contributed by atoms with van der Waals surface area (Å²) in [6.07, 6.45) is 5.60. The van der Waals surface area contributed by atoms with Crippen molar-refractivity contribution in [1.29, 1.82) is 0 Å². The van der Waals surface area contributed by atoms with E-state index < -0.39 is 0 Å². The van der Waals surface area contributed by atoms with E-state index in [0.717, 1.165) is 30.7 Å². The second-order valence-electron chi connectivity index (χ2n) is 6.07. The molecule has 0 heterocycles. The number of carbonyl (C=O) groups is 1. The molecule has 1 aliphatic carbocycles. The molecule has 1 fully saturated rings. The number of rotatable bonds is 4. The summed E-state index contributed by atoms with van der Waals surface area (Å²) >= 11 is 0. The van der Waals surface area contributed by atoms with Crippen molar-refractivity contribution in [3.05, 3.63) is 35.4 Å². The number of amides is 1. The maximum Gasteiger partial charge on any atom is 0.253 e. The highest BCUT2D eigenvalue weighted by Crippen LogP contribution is 2.27. The Bertz CT molecular complexity index is 433. The largest absolute Gasteiger partial charge is 0.339 e. The molecule has 0 spiro atoms. The average Bonchev–Trinajstić information content (AvgIpc) is 2.48. The normalized spacial score (nSPS) is 22.6. The number of benzene rings is 1. The number of nitrogens with two attached hydrogens (primary N) is 1. The van der Waals surface area contributed by atoms with E-state index in [-0.39, 0.29) is 5.91 Å². The van der Waals surface area contributed by atoms with Gasteiger partial charge in [0.25, 0.3) is 5.91 Å². The van der Waals surface area contributed by atoms with Crippen LogP contribution in [0.3, 0.4) is 0 Å². The molecule has 0 bridgehead atoms. The molecular weight excluding hydrogens is 248 g/mol. The van der Waals surface area contributed by atoms with Crippen molar-refractivity contribution in [2.45, 2.75) is 45.1 Å². The Kier molecular flexibility index (Phi) is 5.18. The minimum absolute atomic E-state index is 0.142. The highest BCUT2D eigenvalue weighted by atomic mass is 16.2. The fraction of sp³-hybridized carbons (Fsp3) is 0.588. The zero-order valence-corrected chi connectivity index (χ0v) is 12.6. The lowest BCUT2D eigenvalue weighted by atomic mass is 9.86. The van der Waals surface area contributed by atoms with Gasteiger partial charge in [-0.05, 0) is 62.3 Å². The summed E-state index contributed by atoms with van der Waals surface area (Å²) in [6, 6.07) is 8.28. The van der Waals surface area contributed by atoms with Crippen LogP contribution in [0.5, 0.6) is 0 Å². The molecule has 3 heteroatoms. The van der Waals surface area contributed by atoms with Crippen LogP contribution in [0.2, 0.25) is 0 Å². The lowest BCUT2D eigenvalue weighted by Crippen LogP contribution is -2.39. The van der Waals surface area contributed by atoms with Gasteiger partial charge in [-0.3, -0.25) is 4.79 Å². The Labute approximate surface area is 122 Å². The van der Waals surface area contributed by atoms with Crippen molar-refractivity contribution in [3.8, 4) is 0 Å². The van der Waals surface area contributed by atoms with Gasteiger partial charge in [0.05, 0.1) is 0 Å². The van der Waals surface area contributed by atoms with Crippen LogP contribution in [-0.4, -0.2) is 30.4 Å². The maximum atomic E-state index is 12.5. The van der Waals surface area contributed by atoms with Crippen LogP contribution in [0.4, 0.5) is 0 Å². The molecule has 0 unspecified atom stereocenters. The molecule has 3 nitrogen and oxygen atoms in total. The first-order valence-corrected chi connectivity index (χ1v) is 7.68.